The number of hydrogen-bond donors (Lipinski definition) is 1. The van der Waals surface area contributed by atoms with Crippen molar-refractivity contribution in [2.75, 3.05) is 7.05 Å². The molecule has 1 nitrogen and oxygen atoms in total. The van der Waals surface area contributed by atoms with Gasteiger partial charge >= 0.3 is 0 Å². The van der Waals surface area contributed by atoms with Crippen molar-refractivity contribution < 1.29 is 8.78 Å². The zero-order valence-corrected chi connectivity index (χ0v) is 12.0. The molecule has 2 rings (SSSR count). The van der Waals surface area contributed by atoms with E-state index in [0.29, 0.717) is 12.0 Å². The summed E-state index contributed by atoms with van der Waals surface area (Å²) >= 11 is 0. The van der Waals surface area contributed by atoms with Crippen molar-refractivity contribution in [3.8, 4) is 0 Å². The molecule has 0 saturated heterocycles. The number of rotatable bonds is 4. The Morgan fingerprint density at radius 1 is 1.10 bits per heavy atom. The Morgan fingerprint density at radius 3 is 2.55 bits per heavy atom. The minimum absolute atomic E-state index is 0.0359. The van der Waals surface area contributed by atoms with Gasteiger partial charge in [-0.1, -0.05) is 18.2 Å². The zero-order chi connectivity index (χ0) is 14.7. The average molecular weight is 275 g/mol. The highest BCUT2D eigenvalue weighted by molar-refractivity contribution is 5.36. The monoisotopic (exact) mass is 275 g/mol. The van der Waals surface area contributed by atoms with Crippen molar-refractivity contribution >= 4 is 0 Å². The smallest absolute Gasteiger partial charge is 0.126 e. The van der Waals surface area contributed by atoms with E-state index in [1.165, 1.54) is 23.3 Å². The number of nitrogens with one attached hydrogen (secondary N) is 1. The zero-order valence-electron chi connectivity index (χ0n) is 12.0. The van der Waals surface area contributed by atoms with Crippen molar-refractivity contribution in [1.29, 1.82) is 0 Å². The molecule has 1 unspecified atom stereocenters. The van der Waals surface area contributed by atoms with Crippen molar-refractivity contribution in [2.24, 2.45) is 0 Å². The van der Waals surface area contributed by atoms with Crippen LogP contribution in [0, 0.1) is 25.5 Å². The number of halogens is 2. The van der Waals surface area contributed by atoms with E-state index in [9.17, 15) is 8.78 Å². The Kier molecular flexibility index (Phi) is 4.50. The molecule has 0 bridgehead atoms. The third-order valence-electron chi connectivity index (χ3n) is 3.80. The van der Waals surface area contributed by atoms with Gasteiger partial charge in [-0.15, -0.1) is 0 Å². The average Bonchev–Trinajstić information content (AvgIpc) is 2.43. The lowest BCUT2D eigenvalue weighted by Crippen LogP contribution is -2.20. The number of likely N-dealkylation sites (N-methyl/N-ethyl adjacent to an activating group) is 1. The molecule has 1 atom stereocenters. The predicted octanol–water partition coefficient (Wildman–Crippen LogP) is 4.08. The molecule has 0 spiro atoms. The highest BCUT2D eigenvalue weighted by atomic mass is 19.1. The van der Waals surface area contributed by atoms with Gasteiger partial charge in [0, 0.05) is 6.04 Å². The normalized spacial score (nSPS) is 12.4. The lowest BCUT2D eigenvalue weighted by molar-refractivity contribution is 0.542. The van der Waals surface area contributed by atoms with Gasteiger partial charge in [0.15, 0.2) is 0 Å². The van der Waals surface area contributed by atoms with E-state index >= 15 is 0 Å². The first kappa shape index (κ1) is 14.7. The van der Waals surface area contributed by atoms with Crippen LogP contribution in [0.25, 0.3) is 0 Å². The Hall–Kier alpha value is -1.74. The molecule has 0 heterocycles. The number of benzene rings is 2. The fraction of sp³-hybridized carbons (Fsp3) is 0.294. The fourth-order valence-corrected chi connectivity index (χ4v) is 2.44. The second-order valence-electron chi connectivity index (χ2n) is 5.07. The van der Waals surface area contributed by atoms with Gasteiger partial charge in [-0.2, -0.15) is 0 Å². The maximum Gasteiger partial charge on any atom is 0.126 e. The molecule has 2 aromatic carbocycles. The van der Waals surface area contributed by atoms with Crippen LogP contribution in [-0.2, 0) is 6.42 Å². The van der Waals surface area contributed by atoms with E-state index in [0.717, 1.165) is 11.6 Å². The van der Waals surface area contributed by atoms with Gasteiger partial charge in [0.1, 0.15) is 11.6 Å². The molecule has 2 aromatic rings. The molecule has 0 saturated carbocycles. The second kappa shape index (κ2) is 6.14. The Bertz CT molecular complexity index is 608. The summed E-state index contributed by atoms with van der Waals surface area (Å²) in [6.07, 6.45) is 0.421. The van der Waals surface area contributed by atoms with Crippen molar-refractivity contribution in [3.05, 3.63) is 70.3 Å². The van der Waals surface area contributed by atoms with Gasteiger partial charge in [-0.05, 0) is 67.8 Å². The van der Waals surface area contributed by atoms with E-state index < -0.39 is 5.82 Å². The Balaban J connectivity index is 2.34. The lowest BCUT2D eigenvalue weighted by atomic mass is 9.93. The predicted molar refractivity (Wildman–Crippen MR) is 77.8 cm³/mol. The summed E-state index contributed by atoms with van der Waals surface area (Å²) < 4.78 is 27.0. The van der Waals surface area contributed by atoms with E-state index in [2.05, 4.69) is 12.2 Å². The molecule has 1 N–H and O–H groups in total. The molecule has 0 fully saturated rings. The van der Waals surface area contributed by atoms with Crippen LogP contribution >= 0.6 is 0 Å². The van der Waals surface area contributed by atoms with Crippen LogP contribution in [0.3, 0.4) is 0 Å². The first-order chi connectivity index (χ1) is 9.52. The maximum absolute atomic E-state index is 13.8. The summed E-state index contributed by atoms with van der Waals surface area (Å²) in [5, 5.41) is 3.19. The standard InChI is InChI=1S/C17H19F2N/c1-11-5-4-6-15(12(11)2)17(20-3)10-13-9-14(18)7-8-16(13)19/h4-9,17,20H,10H2,1-3H3. The molecular formula is C17H19F2N. The van der Waals surface area contributed by atoms with Gasteiger partial charge in [-0.3, -0.25) is 0 Å². The molecule has 0 amide bonds. The molecular weight excluding hydrogens is 256 g/mol. The highest BCUT2D eigenvalue weighted by Gasteiger charge is 2.16. The Morgan fingerprint density at radius 2 is 1.85 bits per heavy atom. The molecule has 0 radical (unpaired) electrons. The minimum atomic E-state index is -0.405. The van der Waals surface area contributed by atoms with Crippen LogP contribution in [-0.4, -0.2) is 7.05 Å². The number of aryl methyl sites for hydroxylation is 1. The molecule has 0 aromatic heterocycles. The van der Waals surface area contributed by atoms with Crippen LogP contribution < -0.4 is 5.32 Å². The van der Waals surface area contributed by atoms with Gasteiger partial charge in [0.05, 0.1) is 0 Å². The van der Waals surface area contributed by atoms with Crippen LogP contribution in [0.1, 0.15) is 28.3 Å². The molecule has 0 aliphatic carbocycles. The molecule has 3 heteroatoms. The fourth-order valence-electron chi connectivity index (χ4n) is 2.44. The lowest BCUT2D eigenvalue weighted by Gasteiger charge is -2.20. The van der Waals surface area contributed by atoms with Crippen LogP contribution in [0.5, 0.6) is 0 Å². The number of hydrogen-bond acceptors (Lipinski definition) is 1. The highest BCUT2D eigenvalue weighted by Crippen LogP contribution is 2.25. The van der Waals surface area contributed by atoms with Gasteiger partial charge in [0.25, 0.3) is 0 Å². The molecule has 0 aliphatic heterocycles. The second-order valence-corrected chi connectivity index (χ2v) is 5.07. The third kappa shape index (κ3) is 3.05. The molecule has 0 aliphatic rings. The van der Waals surface area contributed by atoms with Crippen LogP contribution in [0.2, 0.25) is 0 Å². The van der Waals surface area contributed by atoms with Crippen LogP contribution in [0.4, 0.5) is 8.78 Å². The SMILES string of the molecule is CNC(Cc1cc(F)ccc1F)c1cccc(C)c1C. The van der Waals surface area contributed by atoms with Gasteiger partial charge < -0.3 is 5.32 Å². The third-order valence-corrected chi connectivity index (χ3v) is 3.80. The summed E-state index contributed by atoms with van der Waals surface area (Å²) in [7, 11) is 1.84. The maximum atomic E-state index is 13.8. The first-order valence-corrected chi connectivity index (χ1v) is 6.70. The quantitative estimate of drug-likeness (QED) is 0.886. The minimum Gasteiger partial charge on any atom is -0.313 e. The van der Waals surface area contributed by atoms with Crippen molar-refractivity contribution in [3.63, 3.8) is 0 Å². The van der Waals surface area contributed by atoms with Crippen molar-refractivity contribution in [1.82, 2.24) is 5.32 Å². The summed E-state index contributed by atoms with van der Waals surface area (Å²) in [6.45, 7) is 4.10. The molecule has 106 valence electrons. The summed E-state index contributed by atoms with van der Waals surface area (Å²) in [4.78, 5) is 0. The Labute approximate surface area is 118 Å². The molecule has 20 heavy (non-hydrogen) atoms. The first-order valence-electron chi connectivity index (χ1n) is 6.70. The summed E-state index contributed by atoms with van der Waals surface area (Å²) in [6, 6.07) is 9.63. The van der Waals surface area contributed by atoms with Gasteiger partial charge in [0.2, 0.25) is 0 Å². The topological polar surface area (TPSA) is 12.0 Å². The van der Waals surface area contributed by atoms with E-state index in [1.807, 2.05) is 32.2 Å². The summed E-state index contributed by atoms with van der Waals surface area (Å²) in [5.41, 5.74) is 3.90. The van der Waals surface area contributed by atoms with Crippen LogP contribution in [0.15, 0.2) is 36.4 Å². The van der Waals surface area contributed by atoms with E-state index in [1.54, 1.807) is 0 Å². The van der Waals surface area contributed by atoms with Gasteiger partial charge in [-0.25, -0.2) is 8.78 Å². The van der Waals surface area contributed by atoms with E-state index in [-0.39, 0.29) is 11.9 Å². The van der Waals surface area contributed by atoms with E-state index in [4.69, 9.17) is 0 Å². The largest absolute Gasteiger partial charge is 0.313 e. The summed E-state index contributed by atoms with van der Waals surface area (Å²) in [5.74, 6) is -0.769. The van der Waals surface area contributed by atoms with Crippen molar-refractivity contribution in [2.45, 2.75) is 26.3 Å².